The van der Waals surface area contributed by atoms with E-state index in [2.05, 4.69) is 115 Å². The van der Waals surface area contributed by atoms with Gasteiger partial charge in [0.1, 0.15) is 0 Å². The first-order valence-electron chi connectivity index (χ1n) is 11.3. The standard InChI is InChI=1S/C32H23N/c33-24-20-18-23(19-21-24)31-27-14-6-8-16-29(27)32(30-17-9-7-15-28(30)31)26-13-5-4-12-25(26)22-10-2-1-3-11-22/h1-21H,33H2. The zero-order valence-electron chi connectivity index (χ0n) is 18.2. The van der Waals surface area contributed by atoms with Crippen molar-refractivity contribution in [3.05, 3.63) is 127 Å². The Morgan fingerprint density at radius 3 is 1.36 bits per heavy atom. The van der Waals surface area contributed by atoms with Crippen LogP contribution in [0.2, 0.25) is 0 Å². The van der Waals surface area contributed by atoms with Crippen molar-refractivity contribution in [2.45, 2.75) is 0 Å². The van der Waals surface area contributed by atoms with Crippen LogP contribution >= 0.6 is 0 Å². The Labute approximate surface area is 193 Å². The summed E-state index contributed by atoms with van der Waals surface area (Å²) in [6, 6.07) is 45.1. The predicted molar refractivity (Wildman–Crippen MR) is 142 cm³/mol. The summed E-state index contributed by atoms with van der Waals surface area (Å²) in [7, 11) is 0. The van der Waals surface area contributed by atoms with Crippen LogP contribution in [-0.4, -0.2) is 0 Å². The smallest absolute Gasteiger partial charge is 0.0314 e. The zero-order valence-corrected chi connectivity index (χ0v) is 18.2. The monoisotopic (exact) mass is 421 g/mol. The highest BCUT2D eigenvalue weighted by molar-refractivity contribution is 6.22. The fourth-order valence-corrected chi connectivity index (χ4v) is 4.95. The Bertz CT molecular complexity index is 1540. The molecule has 0 saturated heterocycles. The van der Waals surface area contributed by atoms with Gasteiger partial charge in [0.25, 0.3) is 0 Å². The van der Waals surface area contributed by atoms with Gasteiger partial charge in [-0.3, -0.25) is 0 Å². The Morgan fingerprint density at radius 1 is 0.333 bits per heavy atom. The Balaban J connectivity index is 1.77. The van der Waals surface area contributed by atoms with Gasteiger partial charge in [-0.2, -0.15) is 0 Å². The molecule has 0 radical (unpaired) electrons. The van der Waals surface area contributed by atoms with Gasteiger partial charge >= 0.3 is 0 Å². The molecule has 0 aliphatic rings. The van der Waals surface area contributed by atoms with Crippen LogP contribution in [0, 0.1) is 0 Å². The van der Waals surface area contributed by atoms with Crippen molar-refractivity contribution in [2.75, 3.05) is 5.73 Å². The molecular weight excluding hydrogens is 398 g/mol. The molecular formula is C32H23N. The minimum absolute atomic E-state index is 0.778. The molecule has 0 saturated carbocycles. The summed E-state index contributed by atoms with van der Waals surface area (Å²) in [5.41, 5.74) is 14.2. The minimum Gasteiger partial charge on any atom is -0.399 e. The Morgan fingerprint density at radius 2 is 0.788 bits per heavy atom. The number of nitrogen functional groups attached to an aromatic ring is 1. The van der Waals surface area contributed by atoms with Gasteiger partial charge in [0.15, 0.2) is 0 Å². The lowest BCUT2D eigenvalue weighted by Crippen LogP contribution is -1.93. The molecule has 0 bridgehead atoms. The first kappa shape index (κ1) is 19.3. The maximum Gasteiger partial charge on any atom is 0.0314 e. The van der Waals surface area contributed by atoms with Crippen molar-refractivity contribution in [2.24, 2.45) is 0 Å². The number of benzene rings is 6. The van der Waals surface area contributed by atoms with Gasteiger partial charge in [-0.1, -0.05) is 115 Å². The van der Waals surface area contributed by atoms with Crippen molar-refractivity contribution in [1.82, 2.24) is 0 Å². The lowest BCUT2D eigenvalue weighted by Gasteiger charge is -2.19. The zero-order chi connectivity index (χ0) is 22.2. The summed E-state index contributed by atoms with van der Waals surface area (Å²) in [4.78, 5) is 0. The minimum atomic E-state index is 0.778. The third-order valence-electron chi connectivity index (χ3n) is 6.41. The highest BCUT2D eigenvalue weighted by atomic mass is 14.5. The van der Waals surface area contributed by atoms with Crippen molar-refractivity contribution < 1.29 is 0 Å². The predicted octanol–water partition coefficient (Wildman–Crippen LogP) is 8.58. The average Bonchev–Trinajstić information content (AvgIpc) is 2.88. The van der Waals surface area contributed by atoms with E-state index >= 15 is 0 Å². The normalized spacial score (nSPS) is 11.2. The number of hydrogen-bond acceptors (Lipinski definition) is 1. The highest BCUT2D eigenvalue weighted by Crippen LogP contribution is 2.45. The molecule has 1 nitrogen and oxygen atoms in total. The summed E-state index contributed by atoms with van der Waals surface area (Å²) in [6.07, 6.45) is 0. The molecule has 0 fully saturated rings. The molecule has 33 heavy (non-hydrogen) atoms. The lowest BCUT2D eigenvalue weighted by atomic mass is 9.84. The SMILES string of the molecule is Nc1ccc(-c2c3ccccc3c(-c3ccccc3-c3ccccc3)c3ccccc23)cc1. The van der Waals surface area contributed by atoms with Crippen molar-refractivity contribution >= 4 is 27.2 Å². The summed E-state index contributed by atoms with van der Waals surface area (Å²) in [5.74, 6) is 0. The van der Waals surface area contributed by atoms with E-state index in [4.69, 9.17) is 5.73 Å². The molecule has 2 N–H and O–H groups in total. The lowest BCUT2D eigenvalue weighted by molar-refractivity contribution is 1.60. The van der Waals surface area contributed by atoms with Gasteiger partial charge < -0.3 is 5.73 Å². The molecule has 6 aromatic carbocycles. The molecule has 0 aliphatic carbocycles. The average molecular weight is 422 g/mol. The van der Waals surface area contributed by atoms with E-state index < -0.39 is 0 Å². The van der Waals surface area contributed by atoms with Crippen LogP contribution in [0.1, 0.15) is 0 Å². The molecule has 1 heteroatoms. The number of anilines is 1. The third-order valence-corrected chi connectivity index (χ3v) is 6.41. The van der Waals surface area contributed by atoms with E-state index in [0.29, 0.717) is 0 Å². The van der Waals surface area contributed by atoms with Gasteiger partial charge in [-0.05, 0) is 67.1 Å². The van der Waals surface area contributed by atoms with Crippen LogP contribution in [-0.2, 0) is 0 Å². The molecule has 6 aromatic rings. The number of nitrogens with two attached hydrogens (primary N) is 1. The maximum atomic E-state index is 6.00. The largest absolute Gasteiger partial charge is 0.399 e. The summed E-state index contributed by atoms with van der Waals surface area (Å²) < 4.78 is 0. The highest BCUT2D eigenvalue weighted by Gasteiger charge is 2.18. The number of rotatable bonds is 3. The van der Waals surface area contributed by atoms with Crippen molar-refractivity contribution in [3.8, 4) is 33.4 Å². The molecule has 0 unspecified atom stereocenters. The van der Waals surface area contributed by atoms with E-state index in [-0.39, 0.29) is 0 Å². The second-order valence-electron chi connectivity index (χ2n) is 8.37. The first-order chi connectivity index (χ1) is 16.3. The van der Waals surface area contributed by atoms with E-state index in [1.165, 1.54) is 54.9 Å². The second kappa shape index (κ2) is 7.96. The molecule has 6 rings (SSSR count). The third kappa shape index (κ3) is 3.26. The fourth-order valence-electron chi connectivity index (χ4n) is 4.95. The van der Waals surface area contributed by atoms with E-state index in [0.717, 1.165) is 5.69 Å². The van der Waals surface area contributed by atoms with Crippen molar-refractivity contribution in [3.63, 3.8) is 0 Å². The molecule has 0 atom stereocenters. The molecule has 0 amide bonds. The molecule has 0 aliphatic heterocycles. The molecule has 0 spiro atoms. The number of hydrogen-bond donors (Lipinski definition) is 1. The summed E-state index contributed by atoms with van der Waals surface area (Å²) in [6.45, 7) is 0. The van der Waals surface area contributed by atoms with Gasteiger partial charge in [-0.25, -0.2) is 0 Å². The van der Waals surface area contributed by atoms with Gasteiger partial charge in [0, 0.05) is 5.69 Å². The summed E-state index contributed by atoms with van der Waals surface area (Å²) in [5, 5.41) is 5.01. The van der Waals surface area contributed by atoms with Crippen LogP contribution in [0.4, 0.5) is 5.69 Å². The van der Waals surface area contributed by atoms with Crippen LogP contribution in [0.15, 0.2) is 127 Å². The maximum absolute atomic E-state index is 6.00. The number of fused-ring (bicyclic) bond motifs is 2. The topological polar surface area (TPSA) is 26.0 Å². The van der Waals surface area contributed by atoms with E-state index in [1.54, 1.807) is 0 Å². The Hall–Kier alpha value is -4.36. The van der Waals surface area contributed by atoms with Crippen LogP contribution < -0.4 is 5.73 Å². The molecule has 0 aromatic heterocycles. The second-order valence-corrected chi connectivity index (χ2v) is 8.37. The van der Waals surface area contributed by atoms with Crippen molar-refractivity contribution in [1.29, 1.82) is 0 Å². The van der Waals surface area contributed by atoms with E-state index in [9.17, 15) is 0 Å². The molecule has 156 valence electrons. The van der Waals surface area contributed by atoms with Crippen LogP contribution in [0.3, 0.4) is 0 Å². The first-order valence-corrected chi connectivity index (χ1v) is 11.3. The van der Waals surface area contributed by atoms with Gasteiger partial charge in [0.2, 0.25) is 0 Å². The van der Waals surface area contributed by atoms with Crippen LogP contribution in [0.25, 0.3) is 54.9 Å². The quantitative estimate of drug-likeness (QED) is 0.225. The molecule has 0 heterocycles. The van der Waals surface area contributed by atoms with Gasteiger partial charge in [0.05, 0.1) is 0 Å². The fraction of sp³-hybridized carbons (Fsp3) is 0. The van der Waals surface area contributed by atoms with Crippen LogP contribution in [0.5, 0.6) is 0 Å². The van der Waals surface area contributed by atoms with Gasteiger partial charge in [-0.15, -0.1) is 0 Å². The Kier molecular flexibility index (Phi) is 4.66. The van der Waals surface area contributed by atoms with E-state index in [1.807, 2.05) is 12.1 Å². The summed E-state index contributed by atoms with van der Waals surface area (Å²) >= 11 is 0.